The van der Waals surface area contributed by atoms with Gasteiger partial charge in [0.15, 0.2) is 0 Å². The van der Waals surface area contributed by atoms with E-state index < -0.39 is 0 Å². The highest BCUT2D eigenvalue weighted by Crippen LogP contribution is 2.25. The highest BCUT2D eigenvalue weighted by molar-refractivity contribution is 5.64. The van der Waals surface area contributed by atoms with Gasteiger partial charge in [0.2, 0.25) is 11.6 Å². The smallest absolute Gasteiger partial charge is 0.243 e. The van der Waals surface area contributed by atoms with Gasteiger partial charge in [-0.3, -0.25) is 0 Å². The average Bonchev–Trinajstić information content (AvgIpc) is 2.96. The van der Waals surface area contributed by atoms with E-state index in [9.17, 15) is 0 Å². The van der Waals surface area contributed by atoms with Crippen LogP contribution in [0.5, 0.6) is 0 Å². The fourth-order valence-corrected chi connectivity index (χ4v) is 1.77. The Hall–Kier alpha value is -2.70. The van der Waals surface area contributed by atoms with Crippen LogP contribution in [0.4, 0.5) is 5.82 Å². The van der Waals surface area contributed by atoms with Gasteiger partial charge in [0, 0.05) is 5.56 Å². The lowest BCUT2D eigenvalue weighted by Crippen LogP contribution is -2.03. The van der Waals surface area contributed by atoms with Crippen LogP contribution in [0.15, 0.2) is 35.0 Å². The van der Waals surface area contributed by atoms with E-state index >= 15 is 0 Å². The standard InChI is InChI=1S/C11H10N6O/c1-7-9(8-5-3-2-4-6-8)17(16-13-7)11-10(12)14-18-15-11/h2-6H,1H3,(H2,12,14). The van der Waals surface area contributed by atoms with Crippen molar-refractivity contribution in [1.29, 1.82) is 0 Å². The molecule has 0 fully saturated rings. The summed E-state index contributed by atoms with van der Waals surface area (Å²) in [6.45, 7) is 1.87. The number of hydrogen-bond donors (Lipinski definition) is 1. The minimum atomic E-state index is 0.178. The number of rotatable bonds is 2. The summed E-state index contributed by atoms with van der Waals surface area (Å²) in [5.74, 6) is 0.520. The van der Waals surface area contributed by atoms with Gasteiger partial charge in [-0.2, -0.15) is 4.68 Å². The molecule has 2 N–H and O–H groups in total. The predicted molar refractivity (Wildman–Crippen MR) is 63.8 cm³/mol. The Morgan fingerprint density at radius 1 is 1.17 bits per heavy atom. The molecule has 0 atom stereocenters. The Morgan fingerprint density at radius 2 is 1.94 bits per heavy atom. The summed E-state index contributed by atoms with van der Waals surface area (Å²) in [4.78, 5) is 0. The van der Waals surface area contributed by atoms with E-state index in [4.69, 9.17) is 5.73 Å². The summed E-state index contributed by atoms with van der Waals surface area (Å²) >= 11 is 0. The first-order valence-electron chi connectivity index (χ1n) is 5.33. The monoisotopic (exact) mass is 242 g/mol. The molecule has 1 aromatic carbocycles. The molecule has 0 spiro atoms. The molecule has 0 radical (unpaired) electrons. The molecule has 0 unspecified atom stereocenters. The fourth-order valence-electron chi connectivity index (χ4n) is 1.77. The van der Waals surface area contributed by atoms with Crippen LogP contribution in [-0.2, 0) is 0 Å². The lowest BCUT2D eigenvalue weighted by atomic mass is 10.1. The highest BCUT2D eigenvalue weighted by Gasteiger charge is 2.18. The zero-order chi connectivity index (χ0) is 12.5. The van der Waals surface area contributed by atoms with Crippen molar-refractivity contribution >= 4 is 5.82 Å². The lowest BCUT2D eigenvalue weighted by Gasteiger charge is -2.03. The molecule has 0 aliphatic rings. The van der Waals surface area contributed by atoms with Gasteiger partial charge < -0.3 is 5.73 Å². The number of aryl methyl sites for hydroxylation is 1. The van der Waals surface area contributed by atoms with E-state index in [1.165, 1.54) is 4.68 Å². The second-order valence-corrected chi connectivity index (χ2v) is 3.77. The first-order chi connectivity index (χ1) is 8.77. The van der Waals surface area contributed by atoms with Crippen molar-refractivity contribution in [2.75, 3.05) is 5.73 Å². The summed E-state index contributed by atoms with van der Waals surface area (Å²) in [7, 11) is 0. The summed E-state index contributed by atoms with van der Waals surface area (Å²) in [6, 6.07) is 9.75. The van der Waals surface area contributed by atoms with Crippen LogP contribution in [-0.4, -0.2) is 25.3 Å². The van der Waals surface area contributed by atoms with Crippen LogP contribution in [0.2, 0.25) is 0 Å². The van der Waals surface area contributed by atoms with Gasteiger partial charge in [-0.05, 0) is 17.2 Å². The second kappa shape index (κ2) is 3.95. The van der Waals surface area contributed by atoms with Crippen molar-refractivity contribution in [2.24, 2.45) is 0 Å². The summed E-state index contributed by atoms with van der Waals surface area (Å²) in [5.41, 5.74) is 8.25. The Balaban J connectivity index is 2.22. The van der Waals surface area contributed by atoms with Crippen molar-refractivity contribution in [3.05, 3.63) is 36.0 Å². The first kappa shape index (κ1) is 10.5. The predicted octanol–water partition coefficient (Wildman–Crippen LogP) is 1.21. The first-order valence-corrected chi connectivity index (χ1v) is 5.33. The van der Waals surface area contributed by atoms with Gasteiger partial charge in [-0.25, -0.2) is 4.63 Å². The number of hydrogen-bond acceptors (Lipinski definition) is 6. The molecule has 2 aromatic heterocycles. The topological polar surface area (TPSA) is 95.6 Å². The van der Waals surface area contributed by atoms with Gasteiger partial charge in [0.25, 0.3) is 0 Å². The molecular formula is C11H10N6O. The van der Waals surface area contributed by atoms with E-state index in [0.717, 1.165) is 17.0 Å². The minimum Gasteiger partial charge on any atom is -0.378 e. The zero-order valence-electron chi connectivity index (χ0n) is 9.61. The van der Waals surface area contributed by atoms with E-state index in [1.807, 2.05) is 37.3 Å². The highest BCUT2D eigenvalue weighted by atomic mass is 16.6. The number of nitrogens with zero attached hydrogens (tertiary/aromatic N) is 5. The number of anilines is 1. The molecule has 18 heavy (non-hydrogen) atoms. The van der Waals surface area contributed by atoms with Crippen molar-refractivity contribution in [1.82, 2.24) is 25.3 Å². The maximum atomic E-state index is 5.67. The molecule has 7 nitrogen and oxygen atoms in total. The maximum absolute atomic E-state index is 5.67. The molecule has 0 bridgehead atoms. The molecule has 90 valence electrons. The normalized spacial score (nSPS) is 10.7. The average molecular weight is 242 g/mol. The molecular weight excluding hydrogens is 232 g/mol. The van der Waals surface area contributed by atoms with Crippen LogP contribution in [0, 0.1) is 6.92 Å². The second-order valence-electron chi connectivity index (χ2n) is 3.77. The number of nitrogens with two attached hydrogens (primary N) is 1. The molecule has 0 aliphatic heterocycles. The third kappa shape index (κ3) is 1.53. The van der Waals surface area contributed by atoms with Crippen molar-refractivity contribution in [2.45, 2.75) is 6.92 Å². The van der Waals surface area contributed by atoms with E-state index in [2.05, 4.69) is 25.3 Å². The SMILES string of the molecule is Cc1nnn(-c2nonc2N)c1-c1ccccc1. The summed E-state index contributed by atoms with van der Waals surface area (Å²) in [5, 5.41) is 15.3. The third-order valence-electron chi connectivity index (χ3n) is 2.58. The van der Waals surface area contributed by atoms with Crippen molar-refractivity contribution in [3.63, 3.8) is 0 Å². The van der Waals surface area contributed by atoms with Crippen LogP contribution >= 0.6 is 0 Å². The van der Waals surface area contributed by atoms with Crippen molar-refractivity contribution < 1.29 is 4.63 Å². The third-order valence-corrected chi connectivity index (χ3v) is 2.58. The van der Waals surface area contributed by atoms with Gasteiger partial charge in [-0.1, -0.05) is 35.5 Å². The molecule has 2 heterocycles. The fraction of sp³-hybridized carbons (Fsp3) is 0.0909. The van der Waals surface area contributed by atoms with Crippen LogP contribution in [0.25, 0.3) is 17.1 Å². The Bertz CT molecular complexity index is 672. The summed E-state index contributed by atoms with van der Waals surface area (Å²) < 4.78 is 6.11. The van der Waals surface area contributed by atoms with Crippen LogP contribution < -0.4 is 5.73 Å². The molecule has 0 amide bonds. The zero-order valence-corrected chi connectivity index (χ0v) is 9.61. The number of benzene rings is 1. The lowest BCUT2D eigenvalue weighted by molar-refractivity contribution is 0.307. The minimum absolute atomic E-state index is 0.178. The Labute approximate surface area is 102 Å². The summed E-state index contributed by atoms with van der Waals surface area (Å²) in [6.07, 6.45) is 0. The quantitative estimate of drug-likeness (QED) is 0.725. The van der Waals surface area contributed by atoms with Gasteiger partial charge in [-0.15, -0.1) is 5.10 Å². The van der Waals surface area contributed by atoms with Gasteiger partial charge in [0.1, 0.15) is 0 Å². The van der Waals surface area contributed by atoms with Crippen LogP contribution in [0.3, 0.4) is 0 Å². The molecule has 3 aromatic rings. The molecule has 0 saturated heterocycles. The molecule has 0 aliphatic carbocycles. The maximum Gasteiger partial charge on any atom is 0.243 e. The van der Waals surface area contributed by atoms with Crippen LogP contribution in [0.1, 0.15) is 5.69 Å². The molecule has 0 saturated carbocycles. The number of nitrogen functional groups attached to an aromatic ring is 1. The largest absolute Gasteiger partial charge is 0.378 e. The number of aromatic nitrogens is 5. The molecule has 7 heteroatoms. The van der Waals surface area contributed by atoms with E-state index in [-0.39, 0.29) is 5.82 Å². The van der Waals surface area contributed by atoms with E-state index in [0.29, 0.717) is 5.82 Å². The molecule has 3 rings (SSSR count). The van der Waals surface area contributed by atoms with Gasteiger partial charge in [0.05, 0.1) is 11.4 Å². The Kier molecular flexibility index (Phi) is 2.30. The Morgan fingerprint density at radius 3 is 2.61 bits per heavy atom. The van der Waals surface area contributed by atoms with Crippen molar-refractivity contribution in [3.8, 4) is 17.1 Å². The van der Waals surface area contributed by atoms with Gasteiger partial charge >= 0.3 is 0 Å². The van der Waals surface area contributed by atoms with E-state index in [1.54, 1.807) is 0 Å².